The monoisotopic (exact) mass is 624 g/mol. The Hall–Kier alpha value is -1.72. The first-order valence-electron chi connectivity index (χ1n) is 12.9. The van der Waals surface area contributed by atoms with Crippen molar-refractivity contribution in [3.63, 3.8) is 0 Å². The van der Waals surface area contributed by atoms with Gasteiger partial charge in [-0.05, 0) is 43.5 Å². The van der Waals surface area contributed by atoms with E-state index in [1.165, 1.54) is 24.1 Å². The van der Waals surface area contributed by atoms with Crippen LogP contribution in [0.2, 0.25) is 18.1 Å². The number of nitrogens with one attached hydrogen (secondary N) is 1. The van der Waals surface area contributed by atoms with Gasteiger partial charge in [0.1, 0.15) is 6.61 Å². The number of carbonyl (C=O) groups is 3. The minimum atomic E-state index is -2.48. The van der Waals surface area contributed by atoms with Gasteiger partial charge in [-0.1, -0.05) is 62.0 Å². The van der Waals surface area contributed by atoms with Crippen molar-refractivity contribution in [2.75, 3.05) is 32.2 Å². The van der Waals surface area contributed by atoms with Crippen molar-refractivity contribution in [3.05, 3.63) is 17.7 Å². The number of alkyl halides is 3. The highest BCUT2D eigenvalue weighted by molar-refractivity contribution is 6.72. The van der Waals surface area contributed by atoms with Crippen molar-refractivity contribution < 1.29 is 33.4 Å². The Bertz CT molecular complexity index is 1040. The third kappa shape index (κ3) is 9.70. The molecule has 0 aliphatic carbocycles. The van der Waals surface area contributed by atoms with E-state index < -0.39 is 30.7 Å². The van der Waals surface area contributed by atoms with Crippen LogP contribution in [0.1, 0.15) is 63.2 Å². The largest absolute Gasteiger partial charge is 0.493 e. The molecule has 13 heteroatoms. The summed E-state index contributed by atoms with van der Waals surface area (Å²) in [7, 11) is -1.03. The van der Waals surface area contributed by atoms with Crippen molar-refractivity contribution >= 4 is 66.6 Å². The zero-order valence-corrected chi connectivity index (χ0v) is 26.6. The van der Waals surface area contributed by atoms with Crippen LogP contribution in [0.25, 0.3) is 0 Å². The first-order valence-corrected chi connectivity index (χ1v) is 17.0. The summed E-state index contributed by atoms with van der Waals surface area (Å²) in [6.07, 6.45) is 2.17. The second kappa shape index (κ2) is 13.8. The van der Waals surface area contributed by atoms with Gasteiger partial charge in [0.25, 0.3) is 5.91 Å². The van der Waals surface area contributed by atoms with Crippen LogP contribution in [-0.4, -0.2) is 72.5 Å². The van der Waals surface area contributed by atoms with Gasteiger partial charge in [-0.25, -0.2) is 4.79 Å². The number of amides is 2. The predicted octanol–water partition coefficient (Wildman–Crippen LogP) is 6.33. The highest BCUT2D eigenvalue weighted by atomic mass is 35.6. The van der Waals surface area contributed by atoms with E-state index >= 15 is 0 Å². The van der Waals surface area contributed by atoms with Crippen LogP contribution in [0.5, 0.6) is 11.5 Å². The summed E-state index contributed by atoms with van der Waals surface area (Å²) in [4.78, 5) is 51.1. The Morgan fingerprint density at radius 2 is 1.87 bits per heavy atom. The summed E-state index contributed by atoms with van der Waals surface area (Å²) < 4.78 is 14.5. The van der Waals surface area contributed by atoms with Gasteiger partial charge in [0, 0.05) is 18.5 Å². The molecule has 2 N–H and O–H groups in total. The standard InChI is InChI=1S/C26H39Cl3N2O7Si/c1-7-8-11-37-22-14-20(30-24(34)38-16-26(27,28)29)19(13-21(22)36-4)23(33)31-15-18(32)12-17(31)9-10-25(2,3)39(5,6)35/h13-14,17,35H,7-12,15-16H2,1-6H3,(H,30,34)/t17-/m1/s1. The van der Waals surface area contributed by atoms with Gasteiger partial charge >= 0.3 is 6.09 Å². The highest BCUT2D eigenvalue weighted by Crippen LogP contribution is 2.42. The van der Waals surface area contributed by atoms with E-state index in [1.807, 2.05) is 33.9 Å². The van der Waals surface area contributed by atoms with E-state index in [0.29, 0.717) is 30.9 Å². The maximum atomic E-state index is 13.9. The number of hydrogen-bond donors (Lipinski definition) is 2. The molecular weight excluding hydrogens is 587 g/mol. The fourth-order valence-corrected chi connectivity index (χ4v) is 4.89. The first kappa shape index (κ1) is 33.5. The topological polar surface area (TPSA) is 114 Å². The van der Waals surface area contributed by atoms with Crippen molar-refractivity contribution in [2.45, 2.75) is 80.8 Å². The number of likely N-dealkylation sites (tertiary alicyclic amines) is 1. The third-order valence-corrected chi connectivity index (χ3v) is 11.1. The lowest BCUT2D eigenvalue weighted by Gasteiger charge is -2.36. The molecule has 1 atom stereocenters. The van der Waals surface area contributed by atoms with Crippen molar-refractivity contribution in [2.24, 2.45) is 0 Å². The molecular formula is C26H39Cl3N2O7Si. The zero-order valence-electron chi connectivity index (χ0n) is 23.4. The van der Waals surface area contributed by atoms with Crippen LogP contribution < -0.4 is 14.8 Å². The predicted molar refractivity (Wildman–Crippen MR) is 156 cm³/mol. The number of unbranched alkanes of at least 4 members (excludes halogenated alkanes) is 1. The number of rotatable bonds is 12. The number of methoxy groups -OCH3 is 1. The Kier molecular flexibility index (Phi) is 11.8. The number of halogens is 3. The summed E-state index contributed by atoms with van der Waals surface area (Å²) in [5.41, 5.74) is 0.195. The molecule has 0 radical (unpaired) electrons. The Morgan fingerprint density at radius 1 is 1.21 bits per heavy atom. The normalized spacial score (nSPS) is 16.3. The van der Waals surface area contributed by atoms with E-state index in [0.717, 1.165) is 12.8 Å². The number of Topliss-reactive ketones (excluding diaryl/α,β-unsaturated/α-hetero) is 1. The van der Waals surface area contributed by atoms with Crippen LogP contribution in [0.15, 0.2) is 12.1 Å². The lowest BCUT2D eigenvalue weighted by molar-refractivity contribution is -0.116. The fourth-order valence-electron chi connectivity index (χ4n) is 3.97. The number of carbonyl (C=O) groups excluding carboxylic acids is 3. The SMILES string of the molecule is CCCCOc1cc(NC(=O)OCC(Cl)(Cl)Cl)c(C(=O)N2CC(=O)C[C@H]2CCC(C)(C)[Si](C)(C)O)cc1OC. The van der Waals surface area contributed by atoms with Gasteiger partial charge in [-0.2, -0.15) is 0 Å². The molecule has 0 unspecified atom stereocenters. The molecule has 220 valence electrons. The molecule has 0 bridgehead atoms. The van der Waals surface area contributed by atoms with E-state index in [1.54, 1.807) is 0 Å². The zero-order chi connectivity index (χ0) is 29.6. The van der Waals surface area contributed by atoms with Crippen LogP contribution in [0.3, 0.4) is 0 Å². The lowest BCUT2D eigenvalue weighted by Crippen LogP contribution is -2.41. The molecule has 1 aromatic rings. The van der Waals surface area contributed by atoms with E-state index in [9.17, 15) is 19.2 Å². The first-order chi connectivity index (χ1) is 18.0. The summed E-state index contributed by atoms with van der Waals surface area (Å²) >= 11 is 17.1. The van der Waals surface area contributed by atoms with E-state index in [2.05, 4.69) is 5.32 Å². The number of ketones is 1. The Morgan fingerprint density at radius 3 is 2.44 bits per heavy atom. The maximum absolute atomic E-state index is 13.9. The molecule has 1 fully saturated rings. The molecule has 2 rings (SSSR count). The van der Waals surface area contributed by atoms with Gasteiger partial charge in [0.15, 0.2) is 25.6 Å². The van der Waals surface area contributed by atoms with Gasteiger partial charge in [0.2, 0.25) is 3.79 Å². The summed E-state index contributed by atoms with van der Waals surface area (Å²) in [6.45, 7) is 9.64. The molecule has 1 heterocycles. The smallest absolute Gasteiger partial charge is 0.411 e. The number of ether oxygens (including phenoxy) is 3. The molecule has 2 amide bonds. The van der Waals surface area contributed by atoms with Gasteiger partial charge in [0.05, 0.1) is 31.5 Å². The summed E-state index contributed by atoms with van der Waals surface area (Å²) in [6, 6.07) is 2.60. The highest BCUT2D eigenvalue weighted by Gasteiger charge is 2.41. The van der Waals surface area contributed by atoms with Gasteiger partial charge in [-0.15, -0.1) is 0 Å². The van der Waals surface area contributed by atoms with Crippen molar-refractivity contribution in [1.29, 1.82) is 0 Å². The van der Waals surface area contributed by atoms with E-state index in [-0.39, 0.29) is 41.1 Å². The molecule has 0 spiro atoms. The molecule has 1 aliphatic heterocycles. The lowest BCUT2D eigenvalue weighted by atomic mass is 10.00. The molecule has 1 aromatic carbocycles. The minimum Gasteiger partial charge on any atom is -0.493 e. The minimum absolute atomic E-state index is 0.0574. The molecule has 39 heavy (non-hydrogen) atoms. The van der Waals surface area contributed by atoms with Gasteiger partial charge in [-0.3, -0.25) is 14.9 Å². The molecule has 0 saturated carbocycles. The number of benzene rings is 1. The van der Waals surface area contributed by atoms with Gasteiger partial charge < -0.3 is 23.9 Å². The average molecular weight is 626 g/mol. The van der Waals surface area contributed by atoms with E-state index in [4.69, 9.17) is 49.0 Å². The number of hydrogen-bond acceptors (Lipinski definition) is 7. The number of anilines is 1. The molecule has 0 aromatic heterocycles. The van der Waals surface area contributed by atoms with Crippen LogP contribution in [0.4, 0.5) is 10.5 Å². The van der Waals surface area contributed by atoms with Crippen molar-refractivity contribution in [1.82, 2.24) is 4.90 Å². The second-order valence-electron chi connectivity index (χ2n) is 10.9. The average Bonchev–Trinajstić information content (AvgIpc) is 3.20. The van der Waals surface area contributed by atoms with Crippen molar-refractivity contribution in [3.8, 4) is 11.5 Å². The third-order valence-electron chi connectivity index (χ3n) is 7.16. The Balaban J connectivity index is 2.40. The summed E-state index contributed by atoms with van der Waals surface area (Å²) in [5, 5.41) is 2.23. The van der Waals surface area contributed by atoms with Crippen LogP contribution >= 0.6 is 34.8 Å². The summed E-state index contributed by atoms with van der Waals surface area (Å²) in [5.74, 6) is 0.102. The van der Waals surface area contributed by atoms with Crippen LogP contribution in [-0.2, 0) is 9.53 Å². The Labute approximate surface area is 246 Å². The number of nitrogens with zero attached hydrogens (tertiary/aromatic N) is 1. The quantitative estimate of drug-likeness (QED) is 0.158. The molecule has 1 saturated heterocycles. The molecule has 1 aliphatic rings. The second-order valence-corrected chi connectivity index (χ2v) is 17.9. The maximum Gasteiger partial charge on any atom is 0.411 e. The fraction of sp³-hybridized carbons (Fsp3) is 0.654. The molecule has 9 nitrogen and oxygen atoms in total. The van der Waals surface area contributed by atoms with Crippen LogP contribution in [0, 0.1) is 0 Å².